The normalized spacial score (nSPS) is 9.95. The summed E-state index contributed by atoms with van der Waals surface area (Å²) in [7, 11) is 0. The second kappa shape index (κ2) is 5.56. The fourth-order valence-electron chi connectivity index (χ4n) is 1.38. The Labute approximate surface area is 112 Å². The van der Waals surface area contributed by atoms with Gasteiger partial charge in [-0.3, -0.25) is 4.79 Å². The van der Waals surface area contributed by atoms with Crippen LogP contribution in [0.1, 0.15) is 21.1 Å². The number of benzene rings is 1. The molecule has 0 saturated heterocycles. The zero-order valence-electron chi connectivity index (χ0n) is 9.68. The summed E-state index contributed by atoms with van der Waals surface area (Å²) in [5.74, 6) is -1.18. The smallest absolute Gasteiger partial charge is 0.275 e. The summed E-state index contributed by atoms with van der Waals surface area (Å²) in [6.07, 6.45) is 0. The van der Waals surface area contributed by atoms with Crippen molar-refractivity contribution in [3.8, 4) is 6.07 Å². The van der Waals surface area contributed by atoms with Crippen molar-refractivity contribution in [2.75, 3.05) is 5.32 Å². The van der Waals surface area contributed by atoms with Gasteiger partial charge in [0.25, 0.3) is 5.91 Å². The van der Waals surface area contributed by atoms with Gasteiger partial charge in [0.05, 0.1) is 17.3 Å². The molecule has 1 aromatic heterocycles. The van der Waals surface area contributed by atoms with Gasteiger partial charge in [-0.1, -0.05) is 0 Å². The molecule has 0 radical (unpaired) electrons. The second-order valence-electron chi connectivity index (χ2n) is 3.59. The largest absolute Gasteiger partial charge is 0.325 e. The maximum absolute atomic E-state index is 13.6. The topological polar surface area (TPSA) is 91.8 Å². The summed E-state index contributed by atoms with van der Waals surface area (Å²) in [6.45, 7) is 0.253. The van der Waals surface area contributed by atoms with Crippen molar-refractivity contribution in [3.05, 3.63) is 45.7 Å². The first-order valence-electron chi connectivity index (χ1n) is 5.29. The predicted molar refractivity (Wildman–Crippen MR) is 69.1 cm³/mol. The Morgan fingerprint density at radius 3 is 2.95 bits per heavy atom. The maximum Gasteiger partial charge on any atom is 0.275 e. The molecule has 1 amide bonds. The number of carbonyl (C=O) groups excluding carboxylic acids is 1. The van der Waals surface area contributed by atoms with Gasteiger partial charge in [0.1, 0.15) is 16.5 Å². The minimum absolute atomic E-state index is 0.00583. The van der Waals surface area contributed by atoms with Crippen LogP contribution in [-0.4, -0.2) is 10.9 Å². The number of thiazole rings is 1. The van der Waals surface area contributed by atoms with Gasteiger partial charge in [-0.15, -0.1) is 11.3 Å². The van der Waals surface area contributed by atoms with Crippen LogP contribution in [0.3, 0.4) is 0 Å². The predicted octanol–water partition coefficient (Wildman–Crippen LogP) is 1.86. The van der Waals surface area contributed by atoms with Gasteiger partial charge in [0.2, 0.25) is 0 Å². The highest BCUT2D eigenvalue weighted by Crippen LogP contribution is 2.17. The Kier molecular flexibility index (Phi) is 3.85. The molecule has 7 heteroatoms. The molecule has 1 aromatic carbocycles. The van der Waals surface area contributed by atoms with E-state index in [0.29, 0.717) is 5.01 Å². The van der Waals surface area contributed by atoms with Crippen LogP contribution in [0.25, 0.3) is 0 Å². The van der Waals surface area contributed by atoms with Crippen molar-refractivity contribution in [3.63, 3.8) is 0 Å². The standard InChI is InChI=1S/C12H9FN4OS/c13-8-3-7(4-14)1-2-9(8)17-12(18)10-6-19-11(5-15)16-10/h1-3,6H,5,15H2,(H,17,18). The van der Waals surface area contributed by atoms with Gasteiger partial charge in [-0.25, -0.2) is 9.37 Å². The number of nitrogens with one attached hydrogen (secondary N) is 1. The van der Waals surface area contributed by atoms with E-state index >= 15 is 0 Å². The first-order chi connectivity index (χ1) is 9.13. The summed E-state index contributed by atoms with van der Waals surface area (Å²) < 4.78 is 13.6. The van der Waals surface area contributed by atoms with Gasteiger partial charge < -0.3 is 11.1 Å². The van der Waals surface area contributed by atoms with Gasteiger partial charge in [0.15, 0.2) is 0 Å². The highest BCUT2D eigenvalue weighted by atomic mass is 32.1. The lowest BCUT2D eigenvalue weighted by Crippen LogP contribution is -2.13. The van der Waals surface area contributed by atoms with E-state index in [1.165, 1.54) is 23.5 Å². The van der Waals surface area contributed by atoms with Crippen LogP contribution in [0.2, 0.25) is 0 Å². The SMILES string of the molecule is N#Cc1ccc(NC(=O)c2csc(CN)n2)c(F)c1. The Bertz CT molecular complexity index is 662. The fraction of sp³-hybridized carbons (Fsp3) is 0.0833. The third kappa shape index (κ3) is 2.93. The number of anilines is 1. The molecule has 0 aliphatic heterocycles. The third-order valence-electron chi connectivity index (χ3n) is 2.31. The van der Waals surface area contributed by atoms with E-state index in [2.05, 4.69) is 10.3 Å². The van der Waals surface area contributed by atoms with Crippen LogP contribution in [0.4, 0.5) is 10.1 Å². The minimum atomic E-state index is -0.665. The van der Waals surface area contributed by atoms with E-state index in [4.69, 9.17) is 11.0 Å². The fourth-order valence-corrected chi connectivity index (χ4v) is 2.04. The number of amides is 1. The van der Waals surface area contributed by atoms with Crippen molar-refractivity contribution >= 4 is 22.9 Å². The van der Waals surface area contributed by atoms with Crippen LogP contribution in [0, 0.1) is 17.1 Å². The second-order valence-corrected chi connectivity index (χ2v) is 4.53. The molecule has 0 saturated carbocycles. The molecule has 2 aromatic rings. The summed E-state index contributed by atoms with van der Waals surface area (Å²) >= 11 is 1.26. The molecule has 0 unspecified atom stereocenters. The van der Waals surface area contributed by atoms with Gasteiger partial charge >= 0.3 is 0 Å². The Morgan fingerprint density at radius 2 is 2.37 bits per heavy atom. The Hall–Kier alpha value is -2.30. The number of rotatable bonds is 3. The minimum Gasteiger partial charge on any atom is -0.325 e. The quantitative estimate of drug-likeness (QED) is 0.895. The third-order valence-corrected chi connectivity index (χ3v) is 3.18. The number of nitriles is 1. The molecular formula is C12H9FN4OS. The number of carbonyl (C=O) groups is 1. The molecule has 0 aliphatic rings. The van der Waals surface area contributed by atoms with Crippen LogP contribution in [-0.2, 0) is 6.54 Å². The Balaban J connectivity index is 2.17. The lowest BCUT2D eigenvalue weighted by Gasteiger charge is -2.04. The molecular weight excluding hydrogens is 267 g/mol. The number of hydrogen-bond acceptors (Lipinski definition) is 5. The molecule has 96 valence electrons. The average Bonchev–Trinajstić information content (AvgIpc) is 2.90. The number of nitrogens with two attached hydrogens (primary N) is 1. The van der Waals surface area contributed by atoms with Crippen molar-refractivity contribution in [2.45, 2.75) is 6.54 Å². The molecule has 1 heterocycles. The van der Waals surface area contributed by atoms with Gasteiger partial charge in [-0.05, 0) is 18.2 Å². The molecule has 2 rings (SSSR count). The zero-order chi connectivity index (χ0) is 13.8. The monoisotopic (exact) mass is 276 g/mol. The van der Waals surface area contributed by atoms with Crippen LogP contribution in [0.5, 0.6) is 0 Å². The molecule has 3 N–H and O–H groups in total. The number of nitrogens with zero attached hydrogens (tertiary/aromatic N) is 2. The van der Waals surface area contributed by atoms with E-state index in [1.807, 2.05) is 6.07 Å². The molecule has 5 nitrogen and oxygen atoms in total. The van der Waals surface area contributed by atoms with Crippen LogP contribution < -0.4 is 11.1 Å². The van der Waals surface area contributed by atoms with Gasteiger partial charge in [-0.2, -0.15) is 5.26 Å². The first kappa shape index (κ1) is 13.1. The molecule has 19 heavy (non-hydrogen) atoms. The summed E-state index contributed by atoms with van der Waals surface area (Å²) in [6, 6.07) is 5.63. The molecule has 0 bridgehead atoms. The van der Waals surface area contributed by atoms with Gasteiger partial charge in [0, 0.05) is 11.9 Å². The van der Waals surface area contributed by atoms with E-state index in [1.54, 1.807) is 5.38 Å². The average molecular weight is 276 g/mol. The lowest BCUT2D eigenvalue weighted by molar-refractivity contribution is 0.102. The van der Waals surface area contributed by atoms with E-state index < -0.39 is 11.7 Å². The molecule has 0 spiro atoms. The van der Waals surface area contributed by atoms with Crippen molar-refractivity contribution in [1.29, 1.82) is 5.26 Å². The van der Waals surface area contributed by atoms with Crippen molar-refractivity contribution in [2.24, 2.45) is 5.73 Å². The lowest BCUT2D eigenvalue weighted by atomic mass is 10.2. The zero-order valence-corrected chi connectivity index (χ0v) is 10.5. The summed E-state index contributed by atoms with van der Waals surface area (Å²) in [5, 5.41) is 13.2. The summed E-state index contributed by atoms with van der Waals surface area (Å²) in [5.41, 5.74) is 5.78. The van der Waals surface area contributed by atoms with Crippen LogP contribution in [0.15, 0.2) is 23.6 Å². The first-order valence-corrected chi connectivity index (χ1v) is 6.17. The number of aromatic nitrogens is 1. The number of hydrogen-bond donors (Lipinski definition) is 2. The van der Waals surface area contributed by atoms with Crippen molar-refractivity contribution in [1.82, 2.24) is 4.98 Å². The molecule has 0 atom stereocenters. The van der Waals surface area contributed by atoms with Crippen LogP contribution >= 0.6 is 11.3 Å². The van der Waals surface area contributed by atoms with E-state index in [-0.39, 0.29) is 23.5 Å². The maximum atomic E-state index is 13.6. The number of halogens is 1. The molecule has 0 fully saturated rings. The summed E-state index contributed by atoms with van der Waals surface area (Å²) in [4.78, 5) is 15.8. The highest BCUT2D eigenvalue weighted by Gasteiger charge is 2.13. The Morgan fingerprint density at radius 1 is 1.58 bits per heavy atom. The van der Waals surface area contributed by atoms with E-state index in [9.17, 15) is 9.18 Å². The van der Waals surface area contributed by atoms with Crippen molar-refractivity contribution < 1.29 is 9.18 Å². The molecule has 0 aliphatic carbocycles. The van der Waals surface area contributed by atoms with E-state index in [0.717, 1.165) is 6.07 Å². The highest BCUT2D eigenvalue weighted by molar-refractivity contribution is 7.09.